The maximum Gasteiger partial charge on any atom is 0.243 e. The van der Waals surface area contributed by atoms with Gasteiger partial charge in [0.1, 0.15) is 0 Å². The van der Waals surface area contributed by atoms with Crippen LogP contribution in [0.1, 0.15) is 24.0 Å². The number of amides is 1. The van der Waals surface area contributed by atoms with Crippen molar-refractivity contribution in [2.24, 2.45) is 0 Å². The van der Waals surface area contributed by atoms with Gasteiger partial charge in [-0.3, -0.25) is 4.79 Å². The molecule has 0 N–H and O–H groups in total. The van der Waals surface area contributed by atoms with Crippen molar-refractivity contribution in [1.29, 1.82) is 5.26 Å². The minimum atomic E-state index is -3.63. The van der Waals surface area contributed by atoms with Crippen LogP contribution in [0, 0.1) is 11.3 Å². The zero-order valence-corrected chi connectivity index (χ0v) is 18.1. The van der Waals surface area contributed by atoms with Gasteiger partial charge in [0.2, 0.25) is 15.9 Å². The van der Waals surface area contributed by atoms with E-state index in [9.17, 15) is 13.2 Å². The molecule has 29 heavy (non-hydrogen) atoms. The average Bonchev–Trinajstić information content (AvgIpc) is 3.55. The number of sulfonamides is 1. The van der Waals surface area contributed by atoms with Crippen molar-refractivity contribution in [3.05, 3.63) is 64.1 Å². The number of hydrogen-bond acceptors (Lipinski definition) is 4. The standard InChI is InChI=1S/C21H20BrN3O3S/c22-18-3-1-2-17(14-18)21(8-9-21)20(26)24-10-12-25(13-11-24)29(27,28)19-6-4-16(15-23)5-7-19/h1-7,14H,8-13H2. The first-order valence-electron chi connectivity index (χ1n) is 9.43. The van der Waals surface area contributed by atoms with Crippen molar-refractivity contribution in [1.82, 2.24) is 9.21 Å². The van der Waals surface area contributed by atoms with Crippen LogP contribution in [0.3, 0.4) is 0 Å². The molecule has 1 saturated carbocycles. The number of carbonyl (C=O) groups excluding carboxylic acids is 1. The molecule has 1 heterocycles. The molecule has 4 rings (SSSR count). The highest BCUT2D eigenvalue weighted by Gasteiger charge is 2.53. The van der Waals surface area contributed by atoms with E-state index >= 15 is 0 Å². The highest BCUT2D eigenvalue weighted by Crippen LogP contribution is 2.50. The molecule has 2 aliphatic rings. The molecule has 0 unspecified atom stereocenters. The largest absolute Gasteiger partial charge is 0.339 e. The highest BCUT2D eigenvalue weighted by atomic mass is 79.9. The molecule has 1 aliphatic carbocycles. The summed E-state index contributed by atoms with van der Waals surface area (Å²) in [4.78, 5) is 15.2. The predicted octanol–water partition coefficient (Wildman–Crippen LogP) is 2.89. The summed E-state index contributed by atoms with van der Waals surface area (Å²) in [7, 11) is -3.63. The van der Waals surface area contributed by atoms with Crippen molar-refractivity contribution in [2.75, 3.05) is 26.2 Å². The number of rotatable bonds is 4. The van der Waals surface area contributed by atoms with E-state index < -0.39 is 15.4 Å². The Bertz CT molecular complexity index is 1080. The van der Waals surface area contributed by atoms with E-state index in [0.29, 0.717) is 18.7 Å². The molecule has 2 aromatic carbocycles. The minimum absolute atomic E-state index is 0.0889. The van der Waals surface area contributed by atoms with Crippen molar-refractivity contribution in [3.63, 3.8) is 0 Å². The van der Waals surface area contributed by atoms with Crippen LogP contribution in [0.2, 0.25) is 0 Å². The second kappa shape index (κ2) is 7.56. The van der Waals surface area contributed by atoms with Gasteiger partial charge in [0.25, 0.3) is 0 Å². The lowest BCUT2D eigenvalue weighted by molar-refractivity contribution is -0.135. The maximum atomic E-state index is 13.2. The van der Waals surface area contributed by atoms with Gasteiger partial charge in [0.05, 0.1) is 21.9 Å². The summed E-state index contributed by atoms with van der Waals surface area (Å²) in [5.41, 5.74) is 0.976. The third-order valence-corrected chi connectivity index (χ3v) is 8.09. The van der Waals surface area contributed by atoms with Gasteiger partial charge in [-0.25, -0.2) is 8.42 Å². The van der Waals surface area contributed by atoms with Crippen LogP contribution >= 0.6 is 15.9 Å². The Kier molecular flexibility index (Phi) is 5.23. The maximum absolute atomic E-state index is 13.2. The van der Waals surface area contributed by atoms with Gasteiger partial charge in [-0.15, -0.1) is 0 Å². The Balaban J connectivity index is 1.45. The Labute approximate surface area is 178 Å². The minimum Gasteiger partial charge on any atom is -0.339 e. The lowest BCUT2D eigenvalue weighted by Gasteiger charge is -2.36. The zero-order valence-electron chi connectivity index (χ0n) is 15.7. The quantitative estimate of drug-likeness (QED) is 0.683. The number of hydrogen-bond donors (Lipinski definition) is 0. The lowest BCUT2D eigenvalue weighted by Crippen LogP contribution is -2.52. The van der Waals surface area contributed by atoms with E-state index in [0.717, 1.165) is 22.9 Å². The Morgan fingerprint density at radius 2 is 1.69 bits per heavy atom. The van der Waals surface area contributed by atoms with Gasteiger partial charge in [-0.1, -0.05) is 28.1 Å². The molecule has 0 spiro atoms. The number of nitrogens with zero attached hydrogens (tertiary/aromatic N) is 3. The number of piperazine rings is 1. The third kappa shape index (κ3) is 3.70. The third-order valence-electron chi connectivity index (χ3n) is 5.68. The van der Waals surface area contributed by atoms with Gasteiger partial charge in [0.15, 0.2) is 0 Å². The number of benzene rings is 2. The fourth-order valence-corrected chi connectivity index (χ4v) is 5.64. The zero-order chi connectivity index (χ0) is 20.6. The molecule has 1 amide bonds. The van der Waals surface area contributed by atoms with Crippen molar-refractivity contribution < 1.29 is 13.2 Å². The molecule has 0 radical (unpaired) electrons. The average molecular weight is 474 g/mol. The Morgan fingerprint density at radius 1 is 1.03 bits per heavy atom. The first kappa shape index (κ1) is 20.1. The number of nitriles is 1. The van der Waals surface area contributed by atoms with E-state index in [4.69, 9.17) is 5.26 Å². The first-order valence-corrected chi connectivity index (χ1v) is 11.7. The summed E-state index contributed by atoms with van der Waals surface area (Å²) < 4.78 is 28.1. The summed E-state index contributed by atoms with van der Waals surface area (Å²) >= 11 is 3.47. The van der Waals surface area contributed by atoms with Gasteiger partial charge in [-0.05, 0) is 54.8 Å². The predicted molar refractivity (Wildman–Crippen MR) is 112 cm³/mol. The van der Waals surface area contributed by atoms with Gasteiger partial charge < -0.3 is 4.90 Å². The Hall–Kier alpha value is -2.21. The summed E-state index contributed by atoms with van der Waals surface area (Å²) in [6.07, 6.45) is 1.65. The number of halogens is 1. The van der Waals surface area contributed by atoms with Gasteiger partial charge in [-0.2, -0.15) is 9.57 Å². The van der Waals surface area contributed by atoms with Crippen molar-refractivity contribution in [3.8, 4) is 6.07 Å². The van der Waals surface area contributed by atoms with Crippen LogP contribution < -0.4 is 0 Å². The molecule has 1 aliphatic heterocycles. The molecule has 0 aromatic heterocycles. The molecule has 1 saturated heterocycles. The molecular formula is C21H20BrN3O3S. The summed E-state index contributed by atoms with van der Waals surface area (Å²) in [5.74, 6) is 0.0889. The molecule has 150 valence electrons. The van der Waals surface area contributed by atoms with Crippen LogP contribution in [0.25, 0.3) is 0 Å². The SMILES string of the molecule is N#Cc1ccc(S(=O)(=O)N2CCN(C(=O)C3(c4cccc(Br)c4)CC3)CC2)cc1. The topological polar surface area (TPSA) is 81.5 Å². The smallest absolute Gasteiger partial charge is 0.243 e. The number of carbonyl (C=O) groups is 1. The fourth-order valence-electron chi connectivity index (χ4n) is 3.82. The monoisotopic (exact) mass is 473 g/mol. The van der Waals surface area contributed by atoms with E-state index in [-0.39, 0.29) is 23.9 Å². The van der Waals surface area contributed by atoms with Crippen LogP contribution in [-0.2, 0) is 20.2 Å². The lowest BCUT2D eigenvalue weighted by atomic mass is 9.94. The van der Waals surface area contributed by atoms with Crippen molar-refractivity contribution >= 4 is 31.9 Å². The second-order valence-corrected chi connectivity index (χ2v) is 10.3. The van der Waals surface area contributed by atoms with Crippen LogP contribution in [0.15, 0.2) is 57.9 Å². The van der Waals surface area contributed by atoms with Gasteiger partial charge in [0, 0.05) is 30.7 Å². The first-order chi connectivity index (χ1) is 13.9. The molecule has 0 bridgehead atoms. The van der Waals surface area contributed by atoms with E-state index in [1.807, 2.05) is 30.3 Å². The van der Waals surface area contributed by atoms with Crippen LogP contribution in [-0.4, -0.2) is 49.7 Å². The summed E-state index contributed by atoms with van der Waals surface area (Å²) in [6.45, 7) is 1.29. The van der Waals surface area contributed by atoms with Crippen molar-refractivity contribution in [2.45, 2.75) is 23.2 Å². The molecular weight excluding hydrogens is 454 g/mol. The van der Waals surface area contributed by atoms with Crippen LogP contribution in [0.5, 0.6) is 0 Å². The molecule has 2 fully saturated rings. The van der Waals surface area contributed by atoms with E-state index in [2.05, 4.69) is 15.9 Å². The van der Waals surface area contributed by atoms with Gasteiger partial charge >= 0.3 is 0 Å². The summed E-state index contributed by atoms with van der Waals surface area (Å²) in [6, 6.07) is 15.8. The van der Waals surface area contributed by atoms with E-state index in [1.165, 1.54) is 28.6 Å². The van der Waals surface area contributed by atoms with E-state index in [1.54, 1.807) is 4.90 Å². The second-order valence-electron chi connectivity index (χ2n) is 7.42. The molecule has 8 heteroatoms. The Morgan fingerprint density at radius 3 is 2.24 bits per heavy atom. The molecule has 0 atom stereocenters. The molecule has 2 aromatic rings. The summed E-state index contributed by atoms with van der Waals surface area (Å²) in [5, 5.41) is 8.88. The molecule has 6 nitrogen and oxygen atoms in total. The highest BCUT2D eigenvalue weighted by molar-refractivity contribution is 9.10. The normalized spacial score (nSPS) is 18.8. The fraction of sp³-hybridized carbons (Fsp3) is 0.333. The van der Waals surface area contributed by atoms with Crippen LogP contribution in [0.4, 0.5) is 0 Å².